The Morgan fingerprint density at radius 1 is 1.18 bits per heavy atom. The standard InChI is InChI=1S/C27H28F3N5O5/c1-13-6-15(21(37)32-13)8-19(20(36)23(39)33-16-3-4-16)34-22(38)17-7-14(9-31)2-5-18(17)35-24(40)25-10-26(11-25,12-25)27(28,29)30/h2,5,7,13,15-16,19H,3-4,6,8,10-12H2,1H3,(H,32,37)(H,33,39)(H,34,38)(H,35,40)/t13-,15+,19+,25?,26?/m1/s1. The van der Waals surface area contributed by atoms with Crippen LogP contribution in [0.4, 0.5) is 18.9 Å². The Balaban J connectivity index is 1.34. The van der Waals surface area contributed by atoms with Crippen LogP contribution >= 0.6 is 0 Å². The van der Waals surface area contributed by atoms with Crippen molar-refractivity contribution in [2.45, 2.75) is 76.2 Å². The number of nitrogens with zero attached hydrogens (tertiary/aromatic N) is 1. The molecule has 1 heterocycles. The number of ketones is 1. The average Bonchev–Trinajstić information content (AvgIpc) is 3.57. The maximum absolute atomic E-state index is 13.4. The highest BCUT2D eigenvalue weighted by Crippen LogP contribution is 2.78. The van der Waals surface area contributed by atoms with Crippen molar-refractivity contribution in [3.63, 3.8) is 0 Å². The van der Waals surface area contributed by atoms with Crippen LogP contribution in [-0.4, -0.2) is 53.7 Å². The zero-order chi connectivity index (χ0) is 29.0. The van der Waals surface area contributed by atoms with Crippen LogP contribution in [0.5, 0.6) is 0 Å². The monoisotopic (exact) mass is 559 g/mol. The SMILES string of the molecule is C[C@@H]1C[C@@H](C[C@H](NC(=O)c2cc(C#N)ccc2NC(=O)C23CC(C(F)(F)F)(C2)C3)C(=O)C(=O)NC2CC2)C(=O)N1. The minimum absolute atomic E-state index is 0.0480. The molecular formula is C27H28F3N5O5. The lowest BCUT2D eigenvalue weighted by molar-refractivity contribution is -0.349. The molecule has 13 heteroatoms. The number of amides is 4. The Labute approximate surface area is 227 Å². The summed E-state index contributed by atoms with van der Waals surface area (Å²) in [7, 11) is 0. The maximum atomic E-state index is 13.4. The second kappa shape index (κ2) is 9.60. The first-order chi connectivity index (χ1) is 18.8. The molecule has 10 nitrogen and oxygen atoms in total. The number of rotatable bonds is 9. The number of benzene rings is 1. The molecule has 4 saturated carbocycles. The number of Topliss-reactive ketones (excluding diaryl/α,β-unsaturated/α-hetero) is 1. The number of nitriles is 1. The number of alkyl halides is 3. The number of carbonyl (C=O) groups excluding carboxylic acids is 5. The van der Waals surface area contributed by atoms with Crippen LogP contribution < -0.4 is 21.3 Å². The van der Waals surface area contributed by atoms with Gasteiger partial charge in [-0.3, -0.25) is 24.0 Å². The van der Waals surface area contributed by atoms with E-state index in [-0.39, 0.29) is 60.5 Å². The number of nitrogens with one attached hydrogen (secondary N) is 4. The lowest BCUT2D eigenvalue weighted by Crippen LogP contribution is -2.71. The van der Waals surface area contributed by atoms with Gasteiger partial charge in [0.1, 0.15) is 0 Å². The third kappa shape index (κ3) is 4.91. The first-order valence-electron chi connectivity index (χ1n) is 13.1. The van der Waals surface area contributed by atoms with Crippen molar-refractivity contribution >= 4 is 35.1 Å². The summed E-state index contributed by atoms with van der Waals surface area (Å²) in [5.74, 6) is -4.31. The number of hydrogen-bond donors (Lipinski definition) is 4. The molecule has 0 aromatic heterocycles. The van der Waals surface area contributed by atoms with E-state index in [2.05, 4.69) is 21.3 Å². The van der Waals surface area contributed by atoms with E-state index in [1.807, 2.05) is 6.07 Å². The Morgan fingerprint density at radius 2 is 1.85 bits per heavy atom. The molecule has 1 aromatic rings. The fraction of sp³-hybridized carbons (Fsp3) is 0.556. The molecule has 4 N–H and O–H groups in total. The largest absolute Gasteiger partial charge is 0.394 e. The molecule has 1 aromatic carbocycles. The second-order valence-electron chi connectivity index (χ2n) is 11.6. The summed E-state index contributed by atoms with van der Waals surface area (Å²) in [5, 5.41) is 19.7. The summed E-state index contributed by atoms with van der Waals surface area (Å²) in [6.07, 6.45) is -3.67. The Bertz CT molecular complexity index is 1330. The quantitative estimate of drug-likeness (QED) is 0.340. The van der Waals surface area contributed by atoms with E-state index in [0.29, 0.717) is 6.42 Å². The van der Waals surface area contributed by atoms with Crippen LogP contribution in [0.15, 0.2) is 18.2 Å². The molecule has 1 aliphatic heterocycles. The summed E-state index contributed by atoms with van der Waals surface area (Å²) in [6.45, 7) is 1.79. The summed E-state index contributed by atoms with van der Waals surface area (Å²) in [5.41, 5.74) is -3.21. The van der Waals surface area contributed by atoms with Gasteiger partial charge >= 0.3 is 6.18 Å². The molecular weight excluding hydrogens is 531 g/mol. The summed E-state index contributed by atoms with van der Waals surface area (Å²) in [6, 6.07) is 4.05. The van der Waals surface area contributed by atoms with Gasteiger partial charge in [-0.15, -0.1) is 0 Å². The summed E-state index contributed by atoms with van der Waals surface area (Å²) >= 11 is 0. The van der Waals surface area contributed by atoms with Gasteiger partial charge in [0.15, 0.2) is 0 Å². The summed E-state index contributed by atoms with van der Waals surface area (Å²) < 4.78 is 39.7. The van der Waals surface area contributed by atoms with Gasteiger partial charge in [-0.05, 0) is 70.1 Å². The normalized spacial score (nSPS) is 29.1. The van der Waals surface area contributed by atoms with Gasteiger partial charge in [-0.25, -0.2) is 0 Å². The molecule has 40 heavy (non-hydrogen) atoms. The lowest BCUT2D eigenvalue weighted by Gasteiger charge is -2.69. The third-order valence-corrected chi connectivity index (χ3v) is 8.43. The zero-order valence-corrected chi connectivity index (χ0v) is 21.6. The van der Waals surface area contributed by atoms with Gasteiger partial charge in [-0.1, -0.05) is 0 Å². The van der Waals surface area contributed by atoms with Crippen molar-refractivity contribution in [1.29, 1.82) is 5.26 Å². The van der Waals surface area contributed by atoms with Crippen LogP contribution in [0.25, 0.3) is 0 Å². The Kier molecular flexibility index (Phi) is 6.63. The number of anilines is 1. The molecule has 2 bridgehead atoms. The van der Waals surface area contributed by atoms with Gasteiger partial charge in [0.2, 0.25) is 17.6 Å². The van der Waals surface area contributed by atoms with Crippen molar-refractivity contribution in [3.05, 3.63) is 29.3 Å². The molecule has 212 valence electrons. The van der Waals surface area contributed by atoms with E-state index in [0.717, 1.165) is 12.8 Å². The van der Waals surface area contributed by atoms with Gasteiger partial charge in [0.25, 0.3) is 11.8 Å². The van der Waals surface area contributed by atoms with E-state index in [1.165, 1.54) is 18.2 Å². The predicted octanol–water partition coefficient (Wildman–Crippen LogP) is 2.09. The highest BCUT2D eigenvalue weighted by molar-refractivity contribution is 6.38. The van der Waals surface area contributed by atoms with Crippen LogP contribution in [-0.2, 0) is 19.2 Å². The fourth-order valence-corrected chi connectivity index (χ4v) is 6.05. The summed E-state index contributed by atoms with van der Waals surface area (Å²) in [4.78, 5) is 64.3. The van der Waals surface area contributed by atoms with Crippen LogP contribution in [0.2, 0.25) is 0 Å². The van der Waals surface area contributed by atoms with Crippen LogP contribution in [0, 0.1) is 28.1 Å². The third-order valence-electron chi connectivity index (χ3n) is 8.43. The molecule has 5 fully saturated rings. The molecule has 4 aliphatic carbocycles. The molecule has 5 aliphatic rings. The van der Waals surface area contributed by atoms with Gasteiger partial charge in [-0.2, -0.15) is 18.4 Å². The highest BCUT2D eigenvalue weighted by atomic mass is 19.4. The van der Waals surface area contributed by atoms with E-state index >= 15 is 0 Å². The Morgan fingerprint density at radius 3 is 2.40 bits per heavy atom. The first-order valence-corrected chi connectivity index (χ1v) is 13.1. The number of hydrogen-bond acceptors (Lipinski definition) is 6. The van der Waals surface area contributed by atoms with E-state index in [9.17, 15) is 42.4 Å². The molecule has 1 saturated heterocycles. The predicted molar refractivity (Wildman–Crippen MR) is 132 cm³/mol. The number of carbonyl (C=O) groups is 5. The molecule has 0 spiro atoms. The topological polar surface area (TPSA) is 157 Å². The van der Waals surface area contributed by atoms with Crippen molar-refractivity contribution in [2.75, 3.05) is 5.32 Å². The highest BCUT2D eigenvalue weighted by Gasteiger charge is 2.80. The molecule has 6 rings (SSSR count). The first kappa shape index (κ1) is 27.6. The lowest BCUT2D eigenvalue weighted by atomic mass is 9.34. The maximum Gasteiger partial charge on any atom is 0.394 e. The van der Waals surface area contributed by atoms with E-state index < -0.39 is 52.5 Å². The van der Waals surface area contributed by atoms with Crippen molar-refractivity contribution in [3.8, 4) is 6.07 Å². The van der Waals surface area contributed by atoms with Gasteiger partial charge in [0.05, 0.1) is 39.8 Å². The molecule has 4 amide bonds. The van der Waals surface area contributed by atoms with Crippen LogP contribution in [0.3, 0.4) is 0 Å². The zero-order valence-electron chi connectivity index (χ0n) is 21.6. The Hall–Kier alpha value is -3.95. The fourth-order valence-electron chi connectivity index (χ4n) is 6.05. The van der Waals surface area contributed by atoms with Crippen molar-refractivity contribution in [1.82, 2.24) is 16.0 Å². The molecule has 3 atom stereocenters. The smallest absolute Gasteiger partial charge is 0.353 e. The van der Waals surface area contributed by atoms with Crippen molar-refractivity contribution < 1.29 is 37.1 Å². The van der Waals surface area contributed by atoms with E-state index in [1.54, 1.807) is 6.92 Å². The average molecular weight is 560 g/mol. The minimum atomic E-state index is -4.39. The second-order valence-corrected chi connectivity index (χ2v) is 11.6. The van der Waals surface area contributed by atoms with E-state index in [4.69, 9.17) is 0 Å². The molecule has 0 unspecified atom stereocenters. The van der Waals surface area contributed by atoms with Crippen molar-refractivity contribution in [2.24, 2.45) is 16.7 Å². The van der Waals surface area contributed by atoms with Gasteiger partial charge in [0, 0.05) is 18.0 Å². The molecule has 0 radical (unpaired) electrons. The number of halogens is 3. The van der Waals surface area contributed by atoms with Gasteiger partial charge < -0.3 is 21.3 Å². The van der Waals surface area contributed by atoms with Crippen LogP contribution in [0.1, 0.15) is 67.8 Å². The minimum Gasteiger partial charge on any atom is -0.353 e.